The summed E-state index contributed by atoms with van der Waals surface area (Å²) in [6.45, 7) is 4.30. The molecule has 0 spiro atoms. The maximum Gasteiger partial charge on any atom is 0.169 e. The molecule has 0 radical (unpaired) electrons. The summed E-state index contributed by atoms with van der Waals surface area (Å²) in [6, 6.07) is 4.80. The zero-order chi connectivity index (χ0) is 15.3. The highest BCUT2D eigenvalue weighted by Crippen LogP contribution is 2.51. The van der Waals surface area contributed by atoms with Crippen LogP contribution in [0.5, 0.6) is 0 Å². The van der Waals surface area contributed by atoms with Crippen LogP contribution in [0.2, 0.25) is 5.15 Å². The normalized spacial score (nSPS) is 23.5. The number of rotatable bonds is 2. The summed E-state index contributed by atoms with van der Waals surface area (Å²) in [7, 11) is 0. The molecule has 0 bridgehead atoms. The number of anilines is 1. The van der Waals surface area contributed by atoms with Gasteiger partial charge in [0.05, 0.1) is 35.4 Å². The summed E-state index contributed by atoms with van der Waals surface area (Å²) in [5.74, 6) is 0.877. The second kappa shape index (κ2) is 5.05. The Morgan fingerprint density at radius 3 is 3.05 bits per heavy atom. The van der Waals surface area contributed by atoms with Gasteiger partial charge in [0.1, 0.15) is 11.3 Å². The highest BCUT2D eigenvalue weighted by molar-refractivity contribution is 7.14. The molecule has 2 aliphatic rings. The van der Waals surface area contributed by atoms with Gasteiger partial charge in [0.2, 0.25) is 0 Å². The van der Waals surface area contributed by atoms with Crippen LogP contribution in [-0.2, 0) is 10.2 Å². The maximum atomic E-state index is 9.58. The van der Waals surface area contributed by atoms with E-state index in [1.54, 1.807) is 0 Å². The van der Waals surface area contributed by atoms with Gasteiger partial charge in [-0.3, -0.25) is 0 Å². The lowest BCUT2D eigenvalue weighted by molar-refractivity contribution is 0.0985. The first-order valence-corrected chi connectivity index (χ1v) is 8.52. The Balaban J connectivity index is 1.89. The van der Waals surface area contributed by atoms with E-state index in [-0.39, 0.29) is 11.5 Å². The van der Waals surface area contributed by atoms with Crippen molar-refractivity contribution < 1.29 is 4.74 Å². The Morgan fingerprint density at radius 2 is 2.36 bits per heavy atom. The molecule has 1 saturated carbocycles. The van der Waals surface area contributed by atoms with E-state index in [1.807, 2.05) is 0 Å². The van der Waals surface area contributed by atoms with Gasteiger partial charge in [-0.05, 0) is 42.9 Å². The zero-order valence-electron chi connectivity index (χ0n) is 12.2. The summed E-state index contributed by atoms with van der Waals surface area (Å²) < 4.78 is 10.7. The van der Waals surface area contributed by atoms with Gasteiger partial charge in [-0.25, -0.2) is 4.98 Å². The topological polar surface area (TPSA) is 62.0 Å². The summed E-state index contributed by atoms with van der Waals surface area (Å²) in [5.41, 5.74) is 1.39. The minimum Gasteiger partial charge on any atom is -0.377 e. The number of halogens is 1. The molecule has 5 nitrogen and oxygen atoms in total. The first-order valence-electron chi connectivity index (χ1n) is 7.37. The third kappa shape index (κ3) is 2.08. The number of fused-ring (bicyclic) bond motifs is 1. The largest absolute Gasteiger partial charge is 0.377 e. The lowest BCUT2D eigenvalue weighted by Gasteiger charge is -2.34. The number of pyridine rings is 1. The Morgan fingerprint density at radius 1 is 1.55 bits per heavy atom. The summed E-state index contributed by atoms with van der Waals surface area (Å²) in [5, 5.41) is 10.0. The molecule has 7 heteroatoms. The molecule has 4 rings (SSSR count). The van der Waals surface area contributed by atoms with E-state index < -0.39 is 0 Å². The number of hydrogen-bond donors (Lipinski definition) is 0. The molecule has 2 fully saturated rings. The second-order valence-corrected chi connectivity index (χ2v) is 7.12. The predicted molar refractivity (Wildman–Crippen MR) is 86.6 cm³/mol. The SMILES string of the molecule is C[C@@H]1COCCN1c1cc(C2(C#N)CC2)c2snc(Cl)c2n1. The molecule has 0 aromatic carbocycles. The molecule has 22 heavy (non-hydrogen) atoms. The van der Waals surface area contributed by atoms with Gasteiger partial charge in [0, 0.05) is 6.54 Å². The standard InChI is InChI=1S/C15H15ClN4OS/c1-9-7-21-5-4-20(9)11-6-10(15(8-17)2-3-15)13-12(18-11)14(16)19-22-13/h6,9H,2-5,7H2,1H3/t9-/m1/s1. The molecule has 1 aliphatic heterocycles. The fourth-order valence-electron chi connectivity index (χ4n) is 3.02. The fraction of sp³-hybridized carbons (Fsp3) is 0.533. The van der Waals surface area contributed by atoms with E-state index in [0.717, 1.165) is 41.0 Å². The van der Waals surface area contributed by atoms with Crippen LogP contribution in [0.15, 0.2) is 6.07 Å². The highest BCUT2D eigenvalue weighted by atomic mass is 35.5. The molecule has 2 aromatic heterocycles. The number of nitriles is 1. The number of aromatic nitrogens is 2. The molecular weight excluding hydrogens is 320 g/mol. The lowest BCUT2D eigenvalue weighted by atomic mass is 9.98. The fourth-order valence-corrected chi connectivity index (χ4v) is 4.15. The molecule has 0 amide bonds. The Kier molecular flexibility index (Phi) is 3.26. The van der Waals surface area contributed by atoms with Gasteiger partial charge in [-0.2, -0.15) is 9.64 Å². The van der Waals surface area contributed by atoms with Crippen LogP contribution in [0.3, 0.4) is 0 Å². The van der Waals surface area contributed by atoms with Crippen molar-refractivity contribution in [2.24, 2.45) is 0 Å². The maximum absolute atomic E-state index is 9.58. The van der Waals surface area contributed by atoms with Crippen molar-refractivity contribution in [1.29, 1.82) is 5.26 Å². The summed E-state index contributed by atoms with van der Waals surface area (Å²) in [4.78, 5) is 6.95. The lowest BCUT2D eigenvalue weighted by Crippen LogP contribution is -2.44. The monoisotopic (exact) mass is 334 g/mol. The molecule has 2 aromatic rings. The zero-order valence-corrected chi connectivity index (χ0v) is 13.7. The third-order valence-corrected chi connectivity index (χ3v) is 5.75. The molecular formula is C15H15ClN4OS. The van der Waals surface area contributed by atoms with Crippen molar-refractivity contribution in [1.82, 2.24) is 9.36 Å². The predicted octanol–water partition coefficient (Wildman–Crippen LogP) is 3.12. The van der Waals surface area contributed by atoms with E-state index in [1.165, 1.54) is 11.5 Å². The highest BCUT2D eigenvalue weighted by Gasteiger charge is 2.47. The van der Waals surface area contributed by atoms with E-state index in [4.69, 9.17) is 21.3 Å². The van der Waals surface area contributed by atoms with Gasteiger partial charge in [0.15, 0.2) is 5.15 Å². The second-order valence-electron chi connectivity index (χ2n) is 5.99. The van der Waals surface area contributed by atoms with E-state index in [9.17, 15) is 5.26 Å². The van der Waals surface area contributed by atoms with Crippen LogP contribution in [-0.4, -0.2) is 35.2 Å². The van der Waals surface area contributed by atoms with Crippen LogP contribution >= 0.6 is 23.1 Å². The molecule has 1 aliphatic carbocycles. The summed E-state index contributed by atoms with van der Waals surface area (Å²) >= 11 is 7.56. The Bertz CT molecular complexity index is 780. The van der Waals surface area contributed by atoms with Crippen LogP contribution in [0.1, 0.15) is 25.3 Å². The van der Waals surface area contributed by atoms with Crippen molar-refractivity contribution in [2.75, 3.05) is 24.7 Å². The van der Waals surface area contributed by atoms with E-state index in [2.05, 4.69) is 28.3 Å². The van der Waals surface area contributed by atoms with Crippen LogP contribution < -0.4 is 4.90 Å². The average molecular weight is 335 g/mol. The molecule has 114 valence electrons. The van der Waals surface area contributed by atoms with Crippen molar-refractivity contribution in [2.45, 2.75) is 31.2 Å². The Labute approximate surface area is 137 Å². The van der Waals surface area contributed by atoms with Crippen LogP contribution in [0, 0.1) is 11.3 Å². The minimum atomic E-state index is -0.374. The van der Waals surface area contributed by atoms with Gasteiger partial charge >= 0.3 is 0 Å². The van der Waals surface area contributed by atoms with Crippen LogP contribution in [0.4, 0.5) is 5.82 Å². The van der Waals surface area contributed by atoms with E-state index in [0.29, 0.717) is 18.4 Å². The number of nitrogens with zero attached hydrogens (tertiary/aromatic N) is 4. The van der Waals surface area contributed by atoms with Crippen LogP contribution in [0.25, 0.3) is 10.2 Å². The quantitative estimate of drug-likeness (QED) is 0.844. The average Bonchev–Trinajstić information content (AvgIpc) is 3.25. The minimum absolute atomic E-state index is 0.258. The van der Waals surface area contributed by atoms with Crippen molar-refractivity contribution in [3.63, 3.8) is 0 Å². The molecule has 1 atom stereocenters. The van der Waals surface area contributed by atoms with Crippen molar-refractivity contribution in [3.8, 4) is 6.07 Å². The van der Waals surface area contributed by atoms with Gasteiger partial charge in [-0.1, -0.05) is 11.6 Å². The molecule has 0 N–H and O–H groups in total. The first kappa shape index (κ1) is 14.2. The smallest absolute Gasteiger partial charge is 0.169 e. The van der Waals surface area contributed by atoms with Crippen molar-refractivity contribution in [3.05, 3.63) is 16.8 Å². The van der Waals surface area contributed by atoms with Gasteiger partial charge in [0.25, 0.3) is 0 Å². The number of ether oxygens (including phenoxy) is 1. The molecule has 3 heterocycles. The van der Waals surface area contributed by atoms with Gasteiger partial charge < -0.3 is 9.64 Å². The Hall–Kier alpha value is -1.42. The number of morpholine rings is 1. The van der Waals surface area contributed by atoms with Gasteiger partial charge in [-0.15, -0.1) is 0 Å². The summed E-state index contributed by atoms with van der Waals surface area (Å²) in [6.07, 6.45) is 1.80. The van der Waals surface area contributed by atoms with E-state index >= 15 is 0 Å². The number of hydrogen-bond acceptors (Lipinski definition) is 6. The molecule has 0 unspecified atom stereocenters. The molecule has 1 saturated heterocycles. The third-order valence-electron chi connectivity index (χ3n) is 4.51. The van der Waals surface area contributed by atoms with Crippen molar-refractivity contribution >= 4 is 39.2 Å². The first-order chi connectivity index (χ1) is 10.6.